The first kappa shape index (κ1) is 21.8. The molecular formula is C17H19BrN4O5S. The second-order valence-corrected chi connectivity index (χ2v) is 8.45. The van der Waals surface area contributed by atoms with Crippen LogP contribution in [-0.2, 0) is 10.0 Å². The molecule has 0 aliphatic heterocycles. The maximum Gasteiger partial charge on any atom is 0.295 e. The van der Waals surface area contributed by atoms with Gasteiger partial charge in [0.25, 0.3) is 5.69 Å². The summed E-state index contributed by atoms with van der Waals surface area (Å²) in [4.78, 5) is 10.6. The van der Waals surface area contributed by atoms with Gasteiger partial charge in [-0.2, -0.15) is 9.41 Å². The fourth-order valence-electron chi connectivity index (χ4n) is 2.43. The number of sulfonamides is 1. The quantitative estimate of drug-likeness (QED) is 0.345. The third-order valence-electron chi connectivity index (χ3n) is 3.89. The molecule has 0 aliphatic rings. The van der Waals surface area contributed by atoms with E-state index < -0.39 is 20.6 Å². The second-order valence-electron chi connectivity index (χ2n) is 5.60. The van der Waals surface area contributed by atoms with Gasteiger partial charge in [0.1, 0.15) is 11.4 Å². The van der Waals surface area contributed by atoms with Crippen LogP contribution in [0.25, 0.3) is 0 Å². The lowest BCUT2D eigenvalue weighted by Crippen LogP contribution is -2.30. The molecule has 0 radical (unpaired) electrons. The Morgan fingerprint density at radius 2 is 1.93 bits per heavy atom. The molecule has 0 aromatic heterocycles. The van der Waals surface area contributed by atoms with Crippen LogP contribution >= 0.6 is 15.9 Å². The zero-order valence-corrected chi connectivity index (χ0v) is 17.6. The minimum atomic E-state index is -3.82. The molecule has 0 saturated heterocycles. The Morgan fingerprint density at radius 3 is 2.54 bits per heavy atom. The molecule has 0 bridgehead atoms. The van der Waals surface area contributed by atoms with E-state index in [-0.39, 0.29) is 29.4 Å². The van der Waals surface area contributed by atoms with Crippen molar-refractivity contribution in [2.24, 2.45) is 5.10 Å². The Hall–Kier alpha value is -2.50. The monoisotopic (exact) mass is 470 g/mol. The molecule has 0 heterocycles. The zero-order valence-electron chi connectivity index (χ0n) is 15.2. The summed E-state index contributed by atoms with van der Waals surface area (Å²) in [5, 5.41) is 25.1. The van der Waals surface area contributed by atoms with Gasteiger partial charge in [0, 0.05) is 29.2 Å². The number of rotatable bonds is 8. The van der Waals surface area contributed by atoms with Crippen LogP contribution in [0.2, 0.25) is 0 Å². The molecule has 2 aromatic carbocycles. The summed E-state index contributed by atoms with van der Waals surface area (Å²) >= 11 is 3.27. The van der Waals surface area contributed by atoms with Crippen molar-refractivity contribution in [1.29, 1.82) is 0 Å². The Balaban J connectivity index is 2.35. The van der Waals surface area contributed by atoms with Gasteiger partial charge < -0.3 is 5.11 Å². The fraction of sp³-hybridized carbons (Fsp3) is 0.235. The SMILES string of the molecule is CCN(CC)S(=O)(=O)c1ccc(N/N=C/c2cc(Br)ccc2O)c([N+](=O)[O-])c1. The van der Waals surface area contributed by atoms with Gasteiger partial charge in [0.2, 0.25) is 10.0 Å². The molecule has 150 valence electrons. The van der Waals surface area contributed by atoms with Gasteiger partial charge in [0.05, 0.1) is 16.0 Å². The van der Waals surface area contributed by atoms with Crippen molar-refractivity contribution < 1.29 is 18.4 Å². The molecule has 2 aromatic rings. The Morgan fingerprint density at radius 1 is 1.25 bits per heavy atom. The lowest BCUT2D eigenvalue weighted by Gasteiger charge is -2.18. The van der Waals surface area contributed by atoms with E-state index in [2.05, 4.69) is 26.5 Å². The first-order valence-electron chi connectivity index (χ1n) is 8.26. The maximum atomic E-state index is 12.6. The van der Waals surface area contributed by atoms with E-state index in [0.717, 1.165) is 10.5 Å². The highest BCUT2D eigenvalue weighted by atomic mass is 79.9. The van der Waals surface area contributed by atoms with Crippen LogP contribution in [0.15, 0.2) is 50.9 Å². The molecule has 0 spiro atoms. The molecule has 11 heteroatoms. The number of phenols is 1. The van der Waals surface area contributed by atoms with Crippen LogP contribution in [-0.4, -0.2) is 42.1 Å². The minimum Gasteiger partial charge on any atom is -0.507 e. The largest absolute Gasteiger partial charge is 0.507 e. The van der Waals surface area contributed by atoms with E-state index in [0.29, 0.717) is 5.56 Å². The number of hydrogen-bond donors (Lipinski definition) is 2. The topological polar surface area (TPSA) is 125 Å². The van der Waals surface area contributed by atoms with E-state index >= 15 is 0 Å². The zero-order chi connectivity index (χ0) is 20.9. The summed E-state index contributed by atoms with van der Waals surface area (Å²) in [6.07, 6.45) is 1.30. The Labute approximate surface area is 171 Å². The predicted molar refractivity (Wildman–Crippen MR) is 110 cm³/mol. The minimum absolute atomic E-state index is 0.0103. The number of halogens is 1. The number of anilines is 1. The molecule has 0 fully saturated rings. The van der Waals surface area contributed by atoms with E-state index in [1.807, 2.05) is 0 Å². The Bertz CT molecular complexity index is 1010. The summed E-state index contributed by atoms with van der Waals surface area (Å²) in [6, 6.07) is 8.32. The molecule has 0 unspecified atom stereocenters. The number of phenolic OH excluding ortho intramolecular Hbond substituents is 1. The standard InChI is InChI=1S/C17H19BrN4O5S/c1-3-21(4-2)28(26,27)14-6-7-15(16(10-14)22(24)25)20-19-11-12-9-13(18)5-8-17(12)23/h5-11,20,23H,3-4H2,1-2H3/b19-11+. The van der Waals surface area contributed by atoms with Crippen molar-refractivity contribution in [2.45, 2.75) is 18.7 Å². The van der Waals surface area contributed by atoms with Gasteiger partial charge in [0.15, 0.2) is 0 Å². The summed E-state index contributed by atoms with van der Waals surface area (Å²) in [6.45, 7) is 3.90. The molecule has 0 aliphatic carbocycles. The fourth-order valence-corrected chi connectivity index (χ4v) is 4.29. The third-order valence-corrected chi connectivity index (χ3v) is 6.43. The predicted octanol–water partition coefficient (Wildman–Crippen LogP) is 3.54. The summed E-state index contributed by atoms with van der Waals surface area (Å²) in [5.74, 6) is -0.0103. The van der Waals surface area contributed by atoms with Gasteiger partial charge in [-0.25, -0.2) is 8.42 Å². The van der Waals surface area contributed by atoms with Crippen molar-refractivity contribution in [2.75, 3.05) is 18.5 Å². The van der Waals surface area contributed by atoms with Crippen LogP contribution in [0.3, 0.4) is 0 Å². The number of nitro groups is 1. The number of nitrogens with one attached hydrogen (secondary N) is 1. The van der Waals surface area contributed by atoms with Crippen molar-refractivity contribution in [3.63, 3.8) is 0 Å². The van der Waals surface area contributed by atoms with Gasteiger partial charge >= 0.3 is 0 Å². The molecule has 2 N–H and O–H groups in total. The molecule has 9 nitrogen and oxygen atoms in total. The van der Waals surface area contributed by atoms with Gasteiger partial charge in [-0.15, -0.1) is 0 Å². The molecule has 0 amide bonds. The van der Waals surface area contributed by atoms with Gasteiger partial charge in [-0.1, -0.05) is 29.8 Å². The smallest absolute Gasteiger partial charge is 0.295 e. The molecule has 0 saturated carbocycles. The van der Waals surface area contributed by atoms with Crippen molar-refractivity contribution in [1.82, 2.24) is 4.31 Å². The highest BCUT2D eigenvalue weighted by Gasteiger charge is 2.25. The van der Waals surface area contributed by atoms with Crippen LogP contribution in [0.5, 0.6) is 5.75 Å². The number of benzene rings is 2. The molecular weight excluding hydrogens is 452 g/mol. The van der Waals surface area contributed by atoms with Crippen molar-refractivity contribution >= 4 is 43.5 Å². The average molecular weight is 471 g/mol. The Kier molecular flexibility index (Phi) is 7.11. The van der Waals surface area contributed by atoms with Crippen LogP contribution < -0.4 is 5.43 Å². The summed E-state index contributed by atoms with van der Waals surface area (Å²) < 4.78 is 27.1. The van der Waals surface area contributed by atoms with Crippen molar-refractivity contribution in [3.05, 3.63) is 56.5 Å². The molecule has 2 rings (SSSR count). The van der Waals surface area contributed by atoms with E-state index in [9.17, 15) is 23.6 Å². The van der Waals surface area contributed by atoms with E-state index in [4.69, 9.17) is 0 Å². The number of hydrazone groups is 1. The van der Waals surface area contributed by atoms with Gasteiger partial charge in [-0.3, -0.25) is 15.5 Å². The number of nitro benzene ring substituents is 1. The summed E-state index contributed by atoms with van der Waals surface area (Å²) in [5.41, 5.74) is 2.51. The lowest BCUT2D eigenvalue weighted by atomic mass is 10.2. The number of nitrogens with zero attached hydrogens (tertiary/aromatic N) is 3. The third kappa shape index (κ3) is 4.86. The number of hydrogen-bond acceptors (Lipinski definition) is 7. The highest BCUT2D eigenvalue weighted by Crippen LogP contribution is 2.29. The normalized spacial score (nSPS) is 11.9. The first-order valence-corrected chi connectivity index (χ1v) is 10.5. The average Bonchev–Trinajstić information content (AvgIpc) is 2.65. The van der Waals surface area contributed by atoms with Crippen LogP contribution in [0.1, 0.15) is 19.4 Å². The van der Waals surface area contributed by atoms with E-state index in [1.54, 1.807) is 26.0 Å². The molecule has 28 heavy (non-hydrogen) atoms. The van der Waals surface area contributed by atoms with Crippen LogP contribution in [0, 0.1) is 10.1 Å². The van der Waals surface area contributed by atoms with Crippen molar-refractivity contribution in [3.8, 4) is 5.75 Å². The van der Waals surface area contributed by atoms with Gasteiger partial charge in [-0.05, 0) is 30.3 Å². The number of aromatic hydroxyl groups is 1. The van der Waals surface area contributed by atoms with E-state index in [1.165, 1.54) is 28.7 Å². The molecule has 0 atom stereocenters. The van der Waals surface area contributed by atoms with Crippen LogP contribution in [0.4, 0.5) is 11.4 Å². The first-order chi connectivity index (χ1) is 13.2. The lowest BCUT2D eigenvalue weighted by molar-refractivity contribution is -0.384. The highest BCUT2D eigenvalue weighted by molar-refractivity contribution is 9.10. The second kappa shape index (κ2) is 9.13. The maximum absolute atomic E-state index is 12.6. The summed E-state index contributed by atoms with van der Waals surface area (Å²) in [7, 11) is -3.82.